The van der Waals surface area contributed by atoms with Gasteiger partial charge in [0.2, 0.25) is 17.4 Å². The molecular weight excluding hydrogens is 492 g/mol. The van der Waals surface area contributed by atoms with Gasteiger partial charge in [-0.15, -0.1) is 0 Å². The number of para-hydroxylation sites is 1. The van der Waals surface area contributed by atoms with Crippen LogP contribution in [0.2, 0.25) is 0 Å². The van der Waals surface area contributed by atoms with Gasteiger partial charge in [0.15, 0.2) is 11.5 Å². The molecule has 1 aliphatic rings. The number of ether oxygens (including phenoxy) is 2. The van der Waals surface area contributed by atoms with Crippen molar-refractivity contribution in [3.05, 3.63) is 63.3 Å². The van der Waals surface area contributed by atoms with Gasteiger partial charge in [0.25, 0.3) is 5.56 Å². The van der Waals surface area contributed by atoms with E-state index in [0.29, 0.717) is 28.2 Å². The van der Waals surface area contributed by atoms with Crippen LogP contribution in [0.25, 0.3) is 22.1 Å². The predicted octanol–water partition coefficient (Wildman–Crippen LogP) is 2.62. The minimum absolute atomic E-state index is 0.0302. The zero-order chi connectivity index (χ0) is 26.8. The number of carbonyl (C=O) groups excluding carboxylic acids is 2. The summed E-state index contributed by atoms with van der Waals surface area (Å²) in [5, 5.41) is 6.14. The molecule has 11 nitrogen and oxygen atoms in total. The van der Waals surface area contributed by atoms with Crippen LogP contribution in [0.4, 0.5) is 5.69 Å². The second-order valence-corrected chi connectivity index (χ2v) is 9.20. The van der Waals surface area contributed by atoms with Crippen LogP contribution in [-0.4, -0.2) is 41.2 Å². The number of benzene rings is 2. The first-order chi connectivity index (χ1) is 18.4. The number of hydrogen-bond acceptors (Lipinski definition) is 7. The minimum atomic E-state index is -0.780. The van der Waals surface area contributed by atoms with Crippen molar-refractivity contribution in [2.45, 2.75) is 44.8 Å². The Morgan fingerprint density at radius 2 is 1.66 bits per heavy atom. The number of fused-ring (bicyclic) bond motifs is 3. The Morgan fingerprint density at radius 1 is 0.947 bits per heavy atom. The standard InChI is InChI=1S/C27H28N4O7/c1-36-20-12-11-17(13-21(20)37-2)29-22(32)14-30-24-18-9-5-6-10-19(18)38-25(24)26(34)31(27(30)35)15-23(33)28-16-7-3-4-8-16/h5-6,9-13,16H,3-4,7-8,14-15H2,1-2H3,(H,28,33)(H,29,32). The molecule has 5 rings (SSSR count). The largest absolute Gasteiger partial charge is 0.493 e. The molecule has 0 aliphatic heterocycles. The lowest BCUT2D eigenvalue weighted by Gasteiger charge is -2.15. The van der Waals surface area contributed by atoms with E-state index >= 15 is 0 Å². The van der Waals surface area contributed by atoms with Crippen molar-refractivity contribution in [2.24, 2.45) is 0 Å². The van der Waals surface area contributed by atoms with Crippen molar-refractivity contribution < 1.29 is 23.5 Å². The maximum atomic E-state index is 13.6. The molecule has 1 aliphatic carbocycles. The highest BCUT2D eigenvalue weighted by atomic mass is 16.5. The summed E-state index contributed by atoms with van der Waals surface area (Å²) < 4.78 is 18.3. The zero-order valence-electron chi connectivity index (χ0n) is 21.1. The second kappa shape index (κ2) is 10.4. The summed E-state index contributed by atoms with van der Waals surface area (Å²) in [4.78, 5) is 52.7. The van der Waals surface area contributed by atoms with E-state index in [2.05, 4.69) is 10.6 Å². The summed E-state index contributed by atoms with van der Waals surface area (Å²) in [6.45, 7) is -0.893. The number of methoxy groups -OCH3 is 2. The SMILES string of the molecule is COc1ccc(NC(=O)Cn2c(=O)n(CC(=O)NC3CCCC3)c(=O)c3oc4ccccc4c32)cc1OC. The van der Waals surface area contributed by atoms with Crippen LogP contribution in [0.1, 0.15) is 25.7 Å². The van der Waals surface area contributed by atoms with E-state index in [0.717, 1.165) is 30.3 Å². The van der Waals surface area contributed by atoms with Crippen LogP contribution in [0, 0.1) is 0 Å². The Bertz CT molecular complexity index is 1640. The van der Waals surface area contributed by atoms with Gasteiger partial charge in [-0.2, -0.15) is 0 Å². The number of nitrogens with zero attached hydrogens (tertiary/aromatic N) is 2. The molecule has 11 heteroatoms. The number of nitrogens with one attached hydrogen (secondary N) is 2. The summed E-state index contributed by atoms with van der Waals surface area (Å²) in [5.74, 6) is -0.0387. The number of carbonyl (C=O) groups is 2. The molecule has 1 fully saturated rings. The van der Waals surface area contributed by atoms with E-state index in [9.17, 15) is 19.2 Å². The molecule has 4 aromatic rings. The summed E-state index contributed by atoms with van der Waals surface area (Å²) in [6.07, 6.45) is 3.78. The lowest BCUT2D eigenvalue weighted by Crippen LogP contribution is -2.46. The highest BCUT2D eigenvalue weighted by Gasteiger charge is 2.24. The third-order valence-electron chi connectivity index (χ3n) is 6.73. The van der Waals surface area contributed by atoms with E-state index < -0.39 is 36.2 Å². The van der Waals surface area contributed by atoms with E-state index in [1.54, 1.807) is 42.5 Å². The first-order valence-electron chi connectivity index (χ1n) is 12.4. The Balaban J connectivity index is 1.53. The maximum Gasteiger partial charge on any atom is 0.332 e. The third-order valence-corrected chi connectivity index (χ3v) is 6.73. The number of furan rings is 1. The normalized spacial score (nSPS) is 13.6. The molecule has 0 unspecified atom stereocenters. The van der Waals surface area contributed by atoms with Crippen molar-refractivity contribution in [1.29, 1.82) is 0 Å². The molecule has 2 aromatic heterocycles. The average molecular weight is 521 g/mol. The number of aromatic nitrogens is 2. The third kappa shape index (κ3) is 4.74. The first kappa shape index (κ1) is 25.1. The fraction of sp³-hybridized carbons (Fsp3) is 0.333. The highest BCUT2D eigenvalue weighted by Crippen LogP contribution is 2.30. The van der Waals surface area contributed by atoms with E-state index in [4.69, 9.17) is 13.9 Å². The predicted molar refractivity (Wildman–Crippen MR) is 141 cm³/mol. The summed E-state index contributed by atoms with van der Waals surface area (Å²) in [5.41, 5.74) is -0.583. The molecular formula is C27H28N4O7. The Hall–Kier alpha value is -4.54. The molecule has 2 aromatic carbocycles. The molecule has 0 spiro atoms. The molecule has 1 saturated carbocycles. The van der Waals surface area contributed by atoms with Gasteiger partial charge in [0, 0.05) is 23.2 Å². The highest BCUT2D eigenvalue weighted by molar-refractivity contribution is 6.03. The van der Waals surface area contributed by atoms with Crippen LogP contribution < -0.4 is 31.4 Å². The second-order valence-electron chi connectivity index (χ2n) is 9.20. The molecule has 38 heavy (non-hydrogen) atoms. The van der Waals surface area contributed by atoms with Crippen molar-refractivity contribution >= 4 is 39.6 Å². The molecule has 2 heterocycles. The van der Waals surface area contributed by atoms with Crippen LogP contribution in [0.3, 0.4) is 0 Å². The Kier molecular flexibility index (Phi) is 6.91. The van der Waals surface area contributed by atoms with Gasteiger partial charge >= 0.3 is 5.69 Å². The van der Waals surface area contributed by atoms with Gasteiger partial charge in [-0.1, -0.05) is 25.0 Å². The van der Waals surface area contributed by atoms with Crippen LogP contribution >= 0.6 is 0 Å². The van der Waals surface area contributed by atoms with Gasteiger partial charge in [-0.3, -0.25) is 19.0 Å². The Labute approximate surface area is 216 Å². The van der Waals surface area contributed by atoms with E-state index in [-0.39, 0.29) is 17.1 Å². The fourth-order valence-electron chi connectivity index (χ4n) is 4.93. The van der Waals surface area contributed by atoms with E-state index in [1.807, 2.05) is 0 Å². The molecule has 0 saturated heterocycles. The van der Waals surface area contributed by atoms with Crippen molar-refractivity contribution in [3.63, 3.8) is 0 Å². The minimum Gasteiger partial charge on any atom is -0.493 e. The van der Waals surface area contributed by atoms with Crippen LogP contribution in [0.15, 0.2) is 56.5 Å². The molecule has 2 N–H and O–H groups in total. The number of amides is 2. The lowest BCUT2D eigenvalue weighted by molar-refractivity contribution is -0.122. The summed E-state index contributed by atoms with van der Waals surface area (Å²) >= 11 is 0. The molecule has 0 bridgehead atoms. The summed E-state index contributed by atoms with van der Waals surface area (Å²) in [6, 6.07) is 11.8. The van der Waals surface area contributed by atoms with Crippen molar-refractivity contribution in [1.82, 2.24) is 14.5 Å². The van der Waals surface area contributed by atoms with Gasteiger partial charge in [-0.25, -0.2) is 9.36 Å². The van der Waals surface area contributed by atoms with Crippen LogP contribution in [0.5, 0.6) is 11.5 Å². The summed E-state index contributed by atoms with van der Waals surface area (Å²) in [7, 11) is 2.99. The smallest absolute Gasteiger partial charge is 0.332 e. The van der Waals surface area contributed by atoms with Gasteiger partial charge in [0.05, 0.1) is 14.2 Å². The molecule has 198 valence electrons. The van der Waals surface area contributed by atoms with Crippen LogP contribution in [-0.2, 0) is 22.7 Å². The van der Waals surface area contributed by atoms with Gasteiger partial charge in [0.1, 0.15) is 24.2 Å². The van der Waals surface area contributed by atoms with Crippen molar-refractivity contribution in [3.8, 4) is 11.5 Å². The number of anilines is 1. The van der Waals surface area contributed by atoms with E-state index in [1.165, 1.54) is 18.8 Å². The van der Waals surface area contributed by atoms with Crippen molar-refractivity contribution in [2.75, 3.05) is 19.5 Å². The number of hydrogen-bond donors (Lipinski definition) is 2. The zero-order valence-corrected chi connectivity index (χ0v) is 21.1. The van der Waals surface area contributed by atoms with Gasteiger partial charge in [-0.05, 0) is 37.1 Å². The molecule has 0 radical (unpaired) electrons. The molecule has 2 amide bonds. The Morgan fingerprint density at radius 3 is 2.39 bits per heavy atom. The topological polar surface area (TPSA) is 134 Å². The first-order valence-corrected chi connectivity index (χ1v) is 12.4. The fourth-order valence-corrected chi connectivity index (χ4v) is 4.93. The number of rotatable bonds is 8. The van der Waals surface area contributed by atoms with Gasteiger partial charge < -0.3 is 24.5 Å². The quantitative estimate of drug-likeness (QED) is 0.365. The lowest BCUT2D eigenvalue weighted by atomic mass is 10.2. The maximum absolute atomic E-state index is 13.6. The monoisotopic (exact) mass is 520 g/mol. The average Bonchev–Trinajstić information content (AvgIpc) is 3.57. The molecule has 0 atom stereocenters.